The van der Waals surface area contributed by atoms with Gasteiger partial charge in [0.05, 0.1) is 12.0 Å². The Balaban J connectivity index is 1.57. The number of nitrogens with zero attached hydrogens (tertiary/aromatic N) is 2. The molecule has 5 nitrogen and oxygen atoms in total. The summed E-state index contributed by atoms with van der Waals surface area (Å²) < 4.78 is 13.7. The van der Waals surface area contributed by atoms with Crippen molar-refractivity contribution in [2.75, 3.05) is 26.2 Å². The van der Waals surface area contributed by atoms with Crippen LogP contribution in [0.5, 0.6) is 0 Å². The summed E-state index contributed by atoms with van der Waals surface area (Å²) >= 11 is 0. The highest BCUT2D eigenvalue weighted by molar-refractivity contribution is 5.94. The van der Waals surface area contributed by atoms with Crippen molar-refractivity contribution >= 4 is 11.8 Å². The Kier molecular flexibility index (Phi) is 4.41. The third kappa shape index (κ3) is 3.41. The summed E-state index contributed by atoms with van der Waals surface area (Å²) in [5.41, 5.74) is 1.03. The molecule has 0 saturated carbocycles. The third-order valence-electron chi connectivity index (χ3n) is 4.04. The number of carbonyl (C=O) groups is 2. The molecule has 1 saturated heterocycles. The van der Waals surface area contributed by atoms with Gasteiger partial charge in [-0.3, -0.25) is 9.59 Å². The zero-order valence-electron chi connectivity index (χ0n) is 12.7. The molecule has 0 radical (unpaired) electrons. The van der Waals surface area contributed by atoms with E-state index in [9.17, 15) is 14.0 Å². The molecule has 1 aromatic heterocycles. The second-order valence-corrected chi connectivity index (χ2v) is 5.55. The van der Waals surface area contributed by atoms with Gasteiger partial charge in [-0.1, -0.05) is 12.1 Å². The van der Waals surface area contributed by atoms with E-state index in [1.54, 1.807) is 34.3 Å². The Morgan fingerprint density at radius 2 is 1.74 bits per heavy atom. The van der Waals surface area contributed by atoms with Crippen molar-refractivity contribution in [3.05, 3.63) is 59.7 Å². The molecule has 3 rings (SSSR count). The molecule has 0 unspecified atom stereocenters. The zero-order valence-corrected chi connectivity index (χ0v) is 12.7. The fraction of sp³-hybridized carbons (Fsp3) is 0.294. The maximum absolute atomic E-state index is 13.7. The Morgan fingerprint density at radius 3 is 2.39 bits per heavy atom. The lowest BCUT2D eigenvalue weighted by molar-refractivity contribution is -0.131. The predicted molar refractivity (Wildman–Crippen MR) is 83.4 cm³/mol. The first-order valence-corrected chi connectivity index (χ1v) is 7.58. The van der Waals surface area contributed by atoms with Crippen molar-refractivity contribution in [2.24, 2.45) is 0 Å². The van der Waals surface area contributed by atoms with E-state index >= 15 is 0 Å². The Hall–Kier alpha value is -2.63. The highest BCUT2D eigenvalue weighted by atomic mass is 19.1. The monoisotopic (exact) mass is 315 g/mol. The van der Waals surface area contributed by atoms with Crippen molar-refractivity contribution in [2.45, 2.75) is 6.42 Å². The summed E-state index contributed by atoms with van der Waals surface area (Å²) in [4.78, 5) is 30.8. The van der Waals surface area contributed by atoms with Gasteiger partial charge >= 0.3 is 0 Å². The van der Waals surface area contributed by atoms with Gasteiger partial charge in [0.25, 0.3) is 5.91 Å². The molecule has 120 valence electrons. The standard InChI is InChI=1S/C17H18FN3O2/c18-15-4-2-1-3-14(15)17(23)21-9-7-20(8-10-21)16(22)11-13-5-6-19-12-13/h1-6,12,19H,7-11H2. The van der Waals surface area contributed by atoms with Crippen LogP contribution in [0.15, 0.2) is 42.7 Å². The van der Waals surface area contributed by atoms with E-state index in [4.69, 9.17) is 0 Å². The molecular weight excluding hydrogens is 297 g/mol. The van der Waals surface area contributed by atoms with E-state index in [0.717, 1.165) is 5.56 Å². The number of aromatic amines is 1. The minimum Gasteiger partial charge on any atom is -0.367 e. The fourth-order valence-electron chi connectivity index (χ4n) is 2.72. The number of aromatic nitrogens is 1. The van der Waals surface area contributed by atoms with Crippen LogP contribution in [-0.2, 0) is 11.2 Å². The molecule has 0 spiro atoms. The van der Waals surface area contributed by atoms with Crippen molar-refractivity contribution in [1.82, 2.24) is 14.8 Å². The van der Waals surface area contributed by atoms with E-state index in [-0.39, 0.29) is 17.4 Å². The van der Waals surface area contributed by atoms with Gasteiger partial charge in [0.1, 0.15) is 5.82 Å². The first kappa shape index (κ1) is 15.3. The number of nitrogens with one attached hydrogen (secondary N) is 1. The summed E-state index contributed by atoms with van der Waals surface area (Å²) in [6, 6.07) is 7.84. The number of piperazine rings is 1. The van der Waals surface area contributed by atoms with Gasteiger partial charge < -0.3 is 14.8 Å². The van der Waals surface area contributed by atoms with Gasteiger partial charge in [-0.2, -0.15) is 0 Å². The maximum atomic E-state index is 13.7. The second kappa shape index (κ2) is 6.64. The van der Waals surface area contributed by atoms with Crippen LogP contribution < -0.4 is 0 Å². The molecule has 0 bridgehead atoms. The molecule has 1 aliphatic heterocycles. The average molecular weight is 315 g/mol. The van der Waals surface area contributed by atoms with Crippen LogP contribution in [0.1, 0.15) is 15.9 Å². The molecule has 1 N–H and O–H groups in total. The third-order valence-corrected chi connectivity index (χ3v) is 4.04. The van der Waals surface area contributed by atoms with Crippen molar-refractivity contribution in [1.29, 1.82) is 0 Å². The first-order valence-electron chi connectivity index (χ1n) is 7.58. The Labute approximate surface area is 133 Å². The lowest BCUT2D eigenvalue weighted by Crippen LogP contribution is -2.51. The maximum Gasteiger partial charge on any atom is 0.256 e. The molecule has 2 amide bonds. The number of halogens is 1. The van der Waals surface area contributed by atoms with Crippen LogP contribution in [0, 0.1) is 5.82 Å². The molecule has 2 heterocycles. The minimum atomic E-state index is -0.511. The number of amides is 2. The van der Waals surface area contributed by atoms with Crippen LogP contribution in [-0.4, -0.2) is 52.8 Å². The summed E-state index contributed by atoms with van der Waals surface area (Å²) in [6.07, 6.45) is 3.94. The van der Waals surface area contributed by atoms with Crippen LogP contribution in [0.25, 0.3) is 0 Å². The topological polar surface area (TPSA) is 56.4 Å². The predicted octanol–water partition coefficient (Wildman–Crippen LogP) is 1.68. The SMILES string of the molecule is O=C(Cc1cc[nH]c1)N1CCN(C(=O)c2ccccc2F)CC1. The number of hydrogen-bond donors (Lipinski definition) is 1. The summed E-state index contributed by atoms with van der Waals surface area (Å²) in [7, 11) is 0. The number of benzene rings is 1. The van der Waals surface area contributed by atoms with E-state index < -0.39 is 5.82 Å². The summed E-state index contributed by atoms with van der Waals surface area (Å²) in [5, 5.41) is 0. The lowest BCUT2D eigenvalue weighted by atomic mass is 10.1. The zero-order chi connectivity index (χ0) is 16.2. The van der Waals surface area contributed by atoms with Gasteiger partial charge in [-0.05, 0) is 23.8 Å². The van der Waals surface area contributed by atoms with E-state index in [1.807, 2.05) is 6.07 Å². The smallest absolute Gasteiger partial charge is 0.256 e. The van der Waals surface area contributed by atoms with Crippen molar-refractivity contribution in [3.63, 3.8) is 0 Å². The highest BCUT2D eigenvalue weighted by Gasteiger charge is 2.26. The molecular formula is C17H18FN3O2. The van der Waals surface area contributed by atoms with Crippen LogP contribution in [0.4, 0.5) is 4.39 Å². The molecule has 23 heavy (non-hydrogen) atoms. The molecule has 1 fully saturated rings. The number of carbonyl (C=O) groups excluding carboxylic acids is 2. The summed E-state index contributed by atoms with van der Waals surface area (Å²) in [6.45, 7) is 1.80. The number of hydrogen-bond acceptors (Lipinski definition) is 2. The summed E-state index contributed by atoms with van der Waals surface area (Å²) in [5.74, 6) is -0.785. The normalized spacial score (nSPS) is 14.8. The molecule has 0 aliphatic carbocycles. The van der Waals surface area contributed by atoms with Gasteiger partial charge in [-0.25, -0.2) is 4.39 Å². The van der Waals surface area contributed by atoms with Crippen LogP contribution in [0.2, 0.25) is 0 Å². The van der Waals surface area contributed by atoms with Gasteiger partial charge in [0.15, 0.2) is 0 Å². The molecule has 0 atom stereocenters. The van der Waals surface area contributed by atoms with Gasteiger partial charge in [-0.15, -0.1) is 0 Å². The van der Waals surface area contributed by atoms with Crippen molar-refractivity contribution in [3.8, 4) is 0 Å². The fourth-order valence-corrected chi connectivity index (χ4v) is 2.72. The molecule has 1 aliphatic rings. The second-order valence-electron chi connectivity index (χ2n) is 5.55. The number of rotatable bonds is 3. The Morgan fingerprint density at radius 1 is 1.04 bits per heavy atom. The van der Waals surface area contributed by atoms with Crippen LogP contribution in [0.3, 0.4) is 0 Å². The molecule has 2 aromatic rings. The average Bonchev–Trinajstić information content (AvgIpc) is 3.08. The van der Waals surface area contributed by atoms with Gasteiger partial charge in [0, 0.05) is 38.6 Å². The minimum absolute atomic E-state index is 0.0441. The van der Waals surface area contributed by atoms with E-state index in [1.165, 1.54) is 12.1 Å². The Bertz CT molecular complexity index is 692. The lowest BCUT2D eigenvalue weighted by Gasteiger charge is -2.35. The van der Waals surface area contributed by atoms with E-state index in [0.29, 0.717) is 32.6 Å². The highest BCUT2D eigenvalue weighted by Crippen LogP contribution is 2.13. The largest absolute Gasteiger partial charge is 0.367 e. The van der Waals surface area contributed by atoms with Crippen LogP contribution >= 0.6 is 0 Å². The van der Waals surface area contributed by atoms with Crippen molar-refractivity contribution < 1.29 is 14.0 Å². The van der Waals surface area contributed by atoms with E-state index in [2.05, 4.69) is 4.98 Å². The number of H-pyrrole nitrogens is 1. The van der Waals surface area contributed by atoms with Gasteiger partial charge in [0.2, 0.25) is 5.91 Å². The quantitative estimate of drug-likeness (QED) is 0.937. The molecule has 1 aromatic carbocycles. The first-order chi connectivity index (χ1) is 11.1. The molecule has 6 heteroatoms.